The summed E-state index contributed by atoms with van der Waals surface area (Å²) in [6.07, 6.45) is 0.820. The average Bonchev–Trinajstić information content (AvgIpc) is 3.11. The van der Waals surface area contributed by atoms with E-state index < -0.39 is 47.4 Å². The quantitative estimate of drug-likeness (QED) is 0.252. The third kappa shape index (κ3) is 9.23. The van der Waals surface area contributed by atoms with Gasteiger partial charge < -0.3 is 40.6 Å². The molecule has 3 atom stereocenters. The zero-order valence-electron chi connectivity index (χ0n) is 28.6. The van der Waals surface area contributed by atoms with Crippen molar-refractivity contribution < 1.29 is 38.5 Å². The van der Waals surface area contributed by atoms with Crippen molar-refractivity contribution in [3.63, 3.8) is 0 Å². The highest BCUT2D eigenvalue weighted by Crippen LogP contribution is 2.32. The van der Waals surface area contributed by atoms with Crippen LogP contribution in [0, 0.1) is 0 Å². The Balaban J connectivity index is 1.36. The number of nitrogens with zero attached hydrogens (tertiary/aromatic N) is 1. The van der Waals surface area contributed by atoms with Gasteiger partial charge in [-0.15, -0.1) is 0 Å². The molecular weight excluding hydrogens is 642 g/mol. The lowest BCUT2D eigenvalue weighted by atomic mass is 9.89. The molecular formula is C37H45N5O8. The number of likely N-dealkylation sites (tertiary alicyclic amines) is 1. The Morgan fingerprint density at radius 1 is 0.820 bits per heavy atom. The number of carbonyl (C=O) groups excluding carboxylic acids is 4. The van der Waals surface area contributed by atoms with Gasteiger partial charge in [0.15, 0.2) is 17.1 Å². The molecule has 6 rings (SSSR count). The Morgan fingerprint density at radius 2 is 1.50 bits per heavy atom. The summed E-state index contributed by atoms with van der Waals surface area (Å²) in [4.78, 5) is 56.0. The molecule has 3 aliphatic rings. The number of hydrogen-bond donors (Lipinski definition) is 5. The maximum Gasteiger partial charge on any atom is 0.264 e. The average molecular weight is 688 g/mol. The number of fused-ring (bicyclic) bond motifs is 15. The number of hydrogen-bond acceptors (Lipinski definition) is 9. The van der Waals surface area contributed by atoms with E-state index in [4.69, 9.17) is 14.2 Å². The van der Waals surface area contributed by atoms with Crippen LogP contribution in [0.4, 0.5) is 0 Å². The molecule has 0 saturated carbocycles. The smallest absolute Gasteiger partial charge is 0.264 e. The van der Waals surface area contributed by atoms with E-state index >= 15 is 0 Å². The molecule has 2 bridgehead atoms. The summed E-state index contributed by atoms with van der Waals surface area (Å²) in [5.74, 6) is -0.502. The van der Waals surface area contributed by atoms with Crippen LogP contribution in [0.25, 0.3) is 0 Å². The van der Waals surface area contributed by atoms with Gasteiger partial charge >= 0.3 is 0 Å². The van der Waals surface area contributed by atoms with Gasteiger partial charge in [0.05, 0.1) is 13.7 Å². The maximum atomic E-state index is 14.1. The minimum atomic E-state index is -1.29. The van der Waals surface area contributed by atoms with Gasteiger partial charge in [-0.2, -0.15) is 0 Å². The molecule has 3 aromatic carbocycles. The predicted octanol–water partition coefficient (Wildman–Crippen LogP) is 2.06. The SMILES string of the molecule is COc1ccc(CN2CCC3(CC2)Oc2ccc(cc2)OCCNC(=O)[C@H](C)NC(=O)[C@H](Cc2ccccc2)NC(=O)[C@H](C)NC3=O)cc1O. The minimum Gasteiger partial charge on any atom is -0.504 e. The Bertz CT molecular complexity index is 1640. The van der Waals surface area contributed by atoms with Gasteiger partial charge in [0.1, 0.15) is 36.2 Å². The molecule has 3 aliphatic heterocycles. The number of benzene rings is 3. The lowest BCUT2D eigenvalue weighted by Crippen LogP contribution is -2.61. The van der Waals surface area contributed by atoms with Gasteiger partial charge in [0, 0.05) is 38.9 Å². The van der Waals surface area contributed by atoms with Crippen molar-refractivity contribution in [2.45, 2.75) is 63.4 Å². The molecule has 266 valence electrons. The van der Waals surface area contributed by atoms with Crippen LogP contribution in [0.1, 0.15) is 37.8 Å². The summed E-state index contributed by atoms with van der Waals surface area (Å²) in [5, 5.41) is 21.3. The van der Waals surface area contributed by atoms with Crippen LogP contribution in [0.3, 0.4) is 0 Å². The van der Waals surface area contributed by atoms with E-state index in [1.54, 1.807) is 50.2 Å². The Morgan fingerprint density at radius 3 is 2.18 bits per heavy atom. The van der Waals surface area contributed by atoms with Crippen molar-refractivity contribution >= 4 is 23.6 Å². The summed E-state index contributed by atoms with van der Waals surface area (Å²) in [5.41, 5.74) is 0.407. The Hall–Kier alpha value is -5.30. The number of piperidine rings is 1. The fourth-order valence-corrected chi connectivity index (χ4v) is 5.99. The van der Waals surface area contributed by atoms with Gasteiger partial charge in [0.25, 0.3) is 5.91 Å². The van der Waals surface area contributed by atoms with Gasteiger partial charge in [-0.1, -0.05) is 36.4 Å². The van der Waals surface area contributed by atoms with Crippen molar-refractivity contribution in [1.29, 1.82) is 0 Å². The second-order valence-corrected chi connectivity index (χ2v) is 12.7. The lowest BCUT2D eigenvalue weighted by molar-refractivity contribution is -0.144. The summed E-state index contributed by atoms with van der Waals surface area (Å²) >= 11 is 0. The number of carbonyl (C=O) groups is 4. The molecule has 0 aliphatic carbocycles. The van der Waals surface area contributed by atoms with Crippen molar-refractivity contribution in [3.8, 4) is 23.0 Å². The molecule has 5 N–H and O–H groups in total. The highest BCUT2D eigenvalue weighted by Gasteiger charge is 2.45. The first-order chi connectivity index (χ1) is 24.0. The zero-order chi connectivity index (χ0) is 35.7. The van der Waals surface area contributed by atoms with E-state index in [0.717, 1.165) is 11.1 Å². The first kappa shape index (κ1) is 36.0. The van der Waals surface area contributed by atoms with Crippen molar-refractivity contribution in [2.24, 2.45) is 0 Å². The monoisotopic (exact) mass is 687 g/mol. The highest BCUT2D eigenvalue weighted by atomic mass is 16.5. The topological polar surface area (TPSA) is 168 Å². The fourth-order valence-electron chi connectivity index (χ4n) is 5.99. The summed E-state index contributed by atoms with van der Waals surface area (Å²) in [6.45, 7) is 5.06. The molecule has 1 fully saturated rings. The number of amides is 4. The number of nitrogens with one attached hydrogen (secondary N) is 4. The minimum absolute atomic E-state index is 0.0543. The second kappa shape index (κ2) is 16.4. The Labute approximate surface area is 291 Å². The van der Waals surface area contributed by atoms with Crippen molar-refractivity contribution in [3.05, 3.63) is 83.9 Å². The molecule has 1 spiro atoms. The third-order valence-electron chi connectivity index (χ3n) is 8.94. The number of rotatable bonds is 5. The summed E-state index contributed by atoms with van der Waals surface area (Å²) in [7, 11) is 1.50. The first-order valence-corrected chi connectivity index (χ1v) is 16.8. The molecule has 50 heavy (non-hydrogen) atoms. The van der Waals surface area contributed by atoms with E-state index in [9.17, 15) is 24.3 Å². The van der Waals surface area contributed by atoms with Crippen molar-refractivity contribution in [1.82, 2.24) is 26.2 Å². The van der Waals surface area contributed by atoms with Crippen LogP contribution in [0.2, 0.25) is 0 Å². The molecule has 4 amide bonds. The second-order valence-electron chi connectivity index (χ2n) is 12.7. The van der Waals surface area contributed by atoms with Crippen LogP contribution in [0.15, 0.2) is 72.8 Å². The molecule has 0 radical (unpaired) electrons. The largest absolute Gasteiger partial charge is 0.504 e. The maximum absolute atomic E-state index is 14.1. The molecule has 0 unspecified atom stereocenters. The third-order valence-corrected chi connectivity index (χ3v) is 8.94. The van der Waals surface area contributed by atoms with E-state index in [0.29, 0.717) is 49.7 Å². The molecule has 13 heteroatoms. The highest BCUT2D eigenvalue weighted by molar-refractivity contribution is 5.95. The van der Waals surface area contributed by atoms with Gasteiger partial charge in [-0.25, -0.2) is 0 Å². The summed E-state index contributed by atoms with van der Waals surface area (Å²) < 4.78 is 17.4. The first-order valence-electron chi connectivity index (χ1n) is 16.8. The van der Waals surface area contributed by atoms with Crippen molar-refractivity contribution in [2.75, 3.05) is 33.4 Å². The predicted molar refractivity (Wildman–Crippen MR) is 185 cm³/mol. The number of ether oxygens (including phenoxy) is 3. The zero-order valence-corrected chi connectivity index (χ0v) is 28.6. The van der Waals surface area contributed by atoms with Crippen LogP contribution >= 0.6 is 0 Å². The van der Waals surface area contributed by atoms with Gasteiger partial charge in [0.2, 0.25) is 17.7 Å². The van der Waals surface area contributed by atoms with E-state index in [1.165, 1.54) is 7.11 Å². The number of aromatic hydroxyl groups is 1. The Kier molecular flexibility index (Phi) is 11.8. The number of phenols is 1. The molecule has 1 saturated heterocycles. The molecule has 3 aromatic rings. The molecule has 0 aromatic heterocycles. The normalized spacial score (nSPS) is 22.3. The van der Waals surface area contributed by atoms with Crippen LogP contribution in [0.5, 0.6) is 23.0 Å². The summed E-state index contributed by atoms with van der Waals surface area (Å²) in [6, 6.07) is 18.4. The molecule has 13 nitrogen and oxygen atoms in total. The van der Waals surface area contributed by atoms with E-state index in [-0.39, 0.29) is 25.3 Å². The van der Waals surface area contributed by atoms with Crippen LogP contribution < -0.4 is 35.5 Å². The van der Waals surface area contributed by atoms with Crippen LogP contribution in [-0.4, -0.2) is 90.7 Å². The lowest BCUT2D eigenvalue weighted by Gasteiger charge is -2.41. The van der Waals surface area contributed by atoms with Gasteiger partial charge in [-0.05, 0) is 61.4 Å². The van der Waals surface area contributed by atoms with Crippen LogP contribution in [-0.2, 0) is 32.1 Å². The number of methoxy groups -OCH3 is 1. The van der Waals surface area contributed by atoms with E-state index in [1.807, 2.05) is 36.4 Å². The fraction of sp³-hybridized carbons (Fsp3) is 0.405. The number of phenolic OH excluding ortho intramolecular Hbond substituents is 1. The standard InChI is InChI=1S/C37H45N5O8/c1-24-33(44)38-17-20-49-28-10-12-29(13-11-28)50-37(15-18-42(19-16-37)23-27-9-14-32(48-3)31(43)22-27)36(47)40-25(2)34(45)41-30(35(46)39-24)21-26-7-5-4-6-8-26/h4-14,22,24-25,30,43H,15-21,23H2,1-3H3,(H,38,44)(H,39,46)(H,40,47)(H,41,45)/t24-,25-,30-/m0/s1. The van der Waals surface area contributed by atoms with E-state index in [2.05, 4.69) is 26.2 Å². The molecule has 3 heterocycles. The van der Waals surface area contributed by atoms with Gasteiger partial charge in [-0.3, -0.25) is 24.1 Å².